The van der Waals surface area contributed by atoms with Crippen LogP contribution in [-0.2, 0) is 22.5 Å². The second-order valence-electron chi connectivity index (χ2n) is 5.89. The smallest absolute Gasteiger partial charge is 0.341 e. The quantitative estimate of drug-likeness (QED) is 0.796. The highest BCUT2D eigenvalue weighted by Crippen LogP contribution is 2.35. The summed E-state index contributed by atoms with van der Waals surface area (Å²) in [4.78, 5) is 26.8. The minimum Gasteiger partial charge on any atom is -0.465 e. The standard InChI is InChI=1S/C15H23N3O3S/c1-9(2)6-17-12(19)8-18-5-4-10-11(7-18)22-14(16)13(10)15(20)21-3/h9H,4-8,16H2,1-3H3,(H,17,19). The van der Waals surface area contributed by atoms with Crippen LogP contribution < -0.4 is 11.1 Å². The number of nitrogens with one attached hydrogen (secondary N) is 1. The van der Waals surface area contributed by atoms with Crippen LogP contribution in [0.1, 0.15) is 34.6 Å². The number of esters is 1. The fourth-order valence-corrected chi connectivity index (χ4v) is 3.66. The number of hydrogen-bond donors (Lipinski definition) is 2. The van der Waals surface area contributed by atoms with Crippen molar-refractivity contribution in [2.45, 2.75) is 26.8 Å². The van der Waals surface area contributed by atoms with Gasteiger partial charge in [0.1, 0.15) is 5.00 Å². The summed E-state index contributed by atoms with van der Waals surface area (Å²) < 4.78 is 4.80. The van der Waals surface area contributed by atoms with Crippen LogP contribution in [0.3, 0.4) is 0 Å². The predicted octanol–water partition coefficient (Wildman–Crippen LogP) is 1.25. The van der Waals surface area contributed by atoms with Gasteiger partial charge in [-0.3, -0.25) is 9.69 Å². The summed E-state index contributed by atoms with van der Waals surface area (Å²) in [5.41, 5.74) is 7.43. The van der Waals surface area contributed by atoms with Crippen LogP contribution in [-0.4, -0.2) is 43.5 Å². The summed E-state index contributed by atoms with van der Waals surface area (Å²) in [7, 11) is 1.36. The van der Waals surface area contributed by atoms with Gasteiger partial charge in [0, 0.05) is 24.5 Å². The maximum absolute atomic E-state index is 11.9. The lowest BCUT2D eigenvalue weighted by molar-refractivity contribution is -0.122. The van der Waals surface area contributed by atoms with Gasteiger partial charge in [-0.2, -0.15) is 0 Å². The number of thiophene rings is 1. The van der Waals surface area contributed by atoms with Crippen LogP contribution in [0.15, 0.2) is 0 Å². The Hall–Kier alpha value is -1.60. The van der Waals surface area contributed by atoms with E-state index in [2.05, 4.69) is 24.1 Å². The molecule has 0 radical (unpaired) electrons. The van der Waals surface area contributed by atoms with E-state index in [1.54, 1.807) is 0 Å². The molecule has 1 aliphatic heterocycles. The summed E-state index contributed by atoms with van der Waals surface area (Å²) in [6, 6.07) is 0. The van der Waals surface area contributed by atoms with Crippen molar-refractivity contribution in [2.24, 2.45) is 5.92 Å². The topological polar surface area (TPSA) is 84.7 Å². The number of rotatable bonds is 5. The largest absolute Gasteiger partial charge is 0.465 e. The van der Waals surface area contributed by atoms with Gasteiger partial charge in [-0.1, -0.05) is 13.8 Å². The van der Waals surface area contributed by atoms with E-state index in [-0.39, 0.29) is 11.9 Å². The zero-order valence-corrected chi connectivity index (χ0v) is 14.1. The van der Waals surface area contributed by atoms with Crippen LogP contribution in [0.4, 0.5) is 5.00 Å². The van der Waals surface area contributed by atoms with E-state index in [9.17, 15) is 9.59 Å². The number of carbonyl (C=O) groups is 2. The van der Waals surface area contributed by atoms with Gasteiger partial charge in [0.2, 0.25) is 5.91 Å². The predicted molar refractivity (Wildman–Crippen MR) is 86.9 cm³/mol. The number of hydrogen-bond acceptors (Lipinski definition) is 6. The fraction of sp³-hybridized carbons (Fsp3) is 0.600. The van der Waals surface area contributed by atoms with E-state index in [4.69, 9.17) is 10.5 Å². The second-order valence-corrected chi connectivity index (χ2v) is 7.03. The Morgan fingerprint density at radius 1 is 1.45 bits per heavy atom. The van der Waals surface area contributed by atoms with Crippen molar-refractivity contribution in [3.8, 4) is 0 Å². The number of methoxy groups -OCH3 is 1. The highest BCUT2D eigenvalue weighted by atomic mass is 32.1. The third kappa shape index (κ3) is 3.78. The van der Waals surface area contributed by atoms with Crippen molar-refractivity contribution in [2.75, 3.05) is 32.5 Å². The van der Waals surface area contributed by atoms with E-state index in [0.29, 0.717) is 42.5 Å². The minimum absolute atomic E-state index is 0.0369. The van der Waals surface area contributed by atoms with Crippen LogP contribution in [0.2, 0.25) is 0 Å². The van der Waals surface area contributed by atoms with Crippen LogP contribution >= 0.6 is 11.3 Å². The number of fused-ring (bicyclic) bond motifs is 1. The molecule has 0 saturated heterocycles. The number of nitrogens with two attached hydrogens (primary N) is 1. The fourth-order valence-electron chi connectivity index (χ4n) is 2.52. The Kier molecular flexibility index (Phi) is 5.42. The number of anilines is 1. The summed E-state index contributed by atoms with van der Waals surface area (Å²) in [5.74, 6) is 0.101. The molecule has 0 saturated carbocycles. The van der Waals surface area contributed by atoms with Gasteiger partial charge in [-0.15, -0.1) is 11.3 Å². The molecule has 0 bridgehead atoms. The number of nitrogen functional groups attached to an aromatic ring is 1. The lowest BCUT2D eigenvalue weighted by Gasteiger charge is -2.26. The van der Waals surface area contributed by atoms with Crippen molar-refractivity contribution >= 4 is 28.2 Å². The average molecular weight is 325 g/mol. The van der Waals surface area contributed by atoms with E-state index in [0.717, 1.165) is 17.0 Å². The maximum atomic E-state index is 11.9. The van der Waals surface area contributed by atoms with Crippen molar-refractivity contribution in [3.63, 3.8) is 0 Å². The Morgan fingerprint density at radius 2 is 2.18 bits per heavy atom. The van der Waals surface area contributed by atoms with E-state index < -0.39 is 0 Å². The highest BCUT2D eigenvalue weighted by molar-refractivity contribution is 7.16. The molecule has 0 atom stereocenters. The Bertz CT molecular complexity index is 569. The molecule has 1 amide bonds. The minimum atomic E-state index is -0.377. The van der Waals surface area contributed by atoms with Crippen LogP contribution in [0, 0.1) is 5.92 Å². The summed E-state index contributed by atoms with van der Waals surface area (Å²) in [5, 5.41) is 3.42. The Balaban J connectivity index is 2.01. The highest BCUT2D eigenvalue weighted by Gasteiger charge is 2.28. The number of amides is 1. The SMILES string of the molecule is COC(=O)c1c(N)sc2c1CCN(CC(=O)NCC(C)C)C2. The summed E-state index contributed by atoms with van der Waals surface area (Å²) >= 11 is 1.41. The van der Waals surface area contributed by atoms with Gasteiger partial charge in [-0.05, 0) is 17.9 Å². The molecule has 0 aliphatic carbocycles. The van der Waals surface area contributed by atoms with Crippen molar-refractivity contribution in [1.29, 1.82) is 0 Å². The molecule has 0 spiro atoms. The molecule has 0 unspecified atom stereocenters. The van der Waals surface area contributed by atoms with Crippen LogP contribution in [0.25, 0.3) is 0 Å². The van der Waals surface area contributed by atoms with Gasteiger partial charge in [0.15, 0.2) is 0 Å². The maximum Gasteiger partial charge on any atom is 0.341 e. The molecule has 3 N–H and O–H groups in total. The van der Waals surface area contributed by atoms with Crippen molar-refractivity contribution < 1.29 is 14.3 Å². The van der Waals surface area contributed by atoms with E-state index >= 15 is 0 Å². The molecule has 2 rings (SSSR count). The Morgan fingerprint density at radius 3 is 2.82 bits per heavy atom. The van der Waals surface area contributed by atoms with Gasteiger partial charge < -0.3 is 15.8 Å². The van der Waals surface area contributed by atoms with Crippen molar-refractivity contribution in [1.82, 2.24) is 10.2 Å². The molecule has 1 aromatic rings. The molecule has 0 aromatic carbocycles. The van der Waals surface area contributed by atoms with Crippen LogP contribution in [0.5, 0.6) is 0 Å². The first-order valence-corrected chi connectivity index (χ1v) is 8.21. The molecule has 1 aliphatic rings. The first-order chi connectivity index (χ1) is 10.4. The van der Waals surface area contributed by atoms with Crippen molar-refractivity contribution in [3.05, 3.63) is 16.0 Å². The average Bonchev–Trinajstić information content (AvgIpc) is 2.79. The number of ether oxygens (including phenoxy) is 1. The summed E-state index contributed by atoms with van der Waals surface area (Å²) in [6.07, 6.45) is 0.713. The lowest BCUT2D eigenvalue weighted by Crippen LogP contribution is -2.40. The first kappa shape index (κ1) is 16.8. The van der Waals surface area contributed by atoms with Gasteiger partial charge in [0.25, 0.3) is 0 Å². The third-order valence-electron chi connectivity index (χ3n) is 3.63. The number of carbonyl (C=O) groups excluding carboxylic acids is 2. The molecule has 22 heavy (non-hydrogen) atoms. The van der Waals surface area contributed by atoms with Gasteiger partial charge >= 0.3 is 5.97 Å². The number of nitrogens with zero attached hydrogens (tertiary/aromatic N) is 1. The molecule has 6 nitrogen and oxygen atoms in total. The molecule has 1 aromatic heterocycles. The monoisotopic (exact) mass is 325 g/mol. The normalized spacial score (nSPS) is 14.7. The third-order valence-corrected chi connectivity index (χ3v) is 4.67. The molecule has 122 valence electrons. The molecule has 7 heteroatoms. The molecular formula is C15H23N3O3S. The van der Waals surface area contributed by atoms with Gasteiger partial charge in [0.05, 0.1) is 19.2 Å². The second kappa shape index (κ2) is 7.11. The van der Waals surface area contributed by atoms with Gasteiger partial charge in [-0.25, -0.2) is 4.79 Å². The lowest BCUT2D eigenvalue weighted by atomic mass is 10.0. The molecular weight excluding hydrogens is 302 g/mol. The zero-order chi connectivity index (χ0) is 16.3. The Labute approximate surface area is 134 Å². The van der Waals surface area contributed by atoms with E-state index in [1.165, 1.54) is 18.4 Å². The van der Waals surface area contributed by atoms with E-state index in [1.807, 2.05) is 0 Å². The first-order valence-electron chi connectivity index (χ1n) is 7.39. The zero-order valence-electron chi connectivity index (χ0n) is 13.3. The molecule has 2 heterocycles. The molecule has 0 fully saturated rings. The summed E-state index contributed by atoms with van der Waals surface area (Å²) in [6.45, 7) is 6.58.